The molecule has 23 heavy (non-hydrogen) atoms. The van der Waals surface area contributed by atoms with Crippen LogP contribution in [0.1, 0.15) is 5.76 Å². The van der Waals surface area contributed by atoms with Crippen molar-refractivity contribution in [2.75, 3.05) is 39.4 Å². The van der Waals surface area contributed by atoms with E-state index in [0.717, 1.165) is 56.5 Å². The van der Waals surface area contributed by atoms with Crippen LogP contribution in [0.3, 0.4) is 0 Å². The molecule has 0 saturated carbocycles. The van der Waals surface area contributed by atoms with E-state index in [1.54, 1.807) is 11.0 Å². The first kappa shape index (κ1) is 16.8. The van der Waals surface area contributed by atoms with Crippen LogP contribution in [0.5, 0.6) is 0 Å². The molecular weight excluding hydrogens is 335 g/mol. The van der Waals surface area contributed by atoms with Crippen molar-refractivity contribution in [3.63, 3.8) is 0 Å². The highest BCUT2D eigenvalue weighted by molar-refractivity contribution is 6.36. The van der Waals surface area contributed by atoms with Crippen molar-refractivity contribution in [2.24, 2.45) is 0 Å². The first-order chi connectivity index (χ1) is 11.2. The van der Waals surface area contributed by atoms with Gasteiger partial charge in [-0.25, -0.2) is 0 Å². The molecule has 0 spiro atoms. The highest BCUT2D eigenvalue weighted by Crippen LogP contribution is 2.31. The van der Waals surface area contributed by atoms with Gasteiger partial charge in [-0.2, -0.15) is 0 Å². The highest BCUT2D eigenvalue weighted by atomic mass is 35.5. The van der Waals surface area contributed by atoms with Crippen LogP contribution in [0.15, 0.2) is 34.7 Å². The average molecular weight is 357 g/mol. The third-order valence-electron chi connectivity index (χ3n) is 4.11. The van der Waals surface area contributed by atoms with Crippen LogP contribution in [-0.2, 0) is 11.3 Å². The lowest BCUT2D eigenvalue weighted by atomic mass is 10.2. The molecule has 2 aromatic rings. The van der Waals surface area contributed by atoms with Crippen LogP contribution < -0.4 is 10.2 Å². The SMILES string of the molecule is Clc1ccc(-c2ccc(C[NH2+]CC[NH+]3CCOCC3)o2)c(Cl)c1. The molecule has 1 fully saturated rings. The Kier molecular flexibility index (Phi) is 5.97. The second kappa shape index (κ2) is 8.18. The number of quaternary nitrogens is 2. The van der Waals surface area contributed by atoms with Crippen molar-refractivity contribution >= 4 is 23.2 Å². The molecule has 124 valence electrons. The lowest BCUT2D eigenvalue weighted by Gasteiger charge is -2.22. The van der Waals surface area contributed by atoms with Crippen molar-refractivity contribution in [3.8, 4) is 11.3 Å². The van der Waals surface area contributed by atoms with E-state index < -0.39 is 0 Å². The molecule has 0 amide bonds. The summed E-state index contributed by atoms with van der Waals surface area (Å²) in [6.45, 7) is 7.11. The van der Waals surface area contributed by atoms with E-state index in [9.17, 15) is 0 Å². The van der Waals surface area contributed by atoms with Crippen molar-refractivity contribution in [3.05, 3.63) is 46.1 Å². The first-order valence-corrected chi connectivity index (χ1v) is 8.75. The van der Waals surface area contributed by atoms with Gasteiger partial charge in [0.15, 0.2) is 5.76 Å². The van der Waals surface area contributed by atoms with E-state index in [1.807, 2.05) is 24.3 Å². The maximum Gasteiger partial charge on any atom is 0.158 e. The van der Waals surface area contributed by atoms with Crippen LogP contribution in [-0.4, -0.2) is 39.4 Å². The van der Waals surface area contributed by atoms with Gasteiger partial charge in [-0.15, -0.1) is 0 Å². The van der Waals surface area contributed by atoms with Gasteiger partial charge in [0, 0.05) is 10.6 Å². The molecule has 1 aliphatic heterocycles. The molecule has 0 radical (unpaired) electrons. The van der Waals surface area contributed by atoms with Gasteiger partial charge in [0.1, 0.15) is 38.5 Å². The quantitative estimate of drug-likeness (QED) is 0.764. The molecule has 0 aliphatic carbocycles. The Bertz CT molecular complexity index is 639. The summed E-state index contributed by atoms with van der Waals surface area (Å²) >= 11 is 12.1. The van der Waals surface area contributed by atoms with Crippen molar-refractivity contribution in [1.29, 1.82) is 0 Å². The fourth-order valence-electron chi connectivity index (χ4n) is 2.78. The monoisotopic (exact) mass is 356 g/mol. The van der Waals surface area contributed by atoms with Gasteiger partial charge in [0.2, 0.25) is 0 Å². The summed E-state index contributed by atoms with van der Waals surface area (Å²) in [6, 6.07) is 9.42. The second-order valence-electron chi connectivity index (χ2n) is 5.78. The Morgan fingerprint density at radius 1 is 1.09 bits per heavy atom. The third kappa shape index (κ3) is 4.72. The number of furan rings is 1. The fraction of sp³-hybridized carbons (Fsp3) is 0.412. The average Bonchev–Trinajstić information content (AvgIpc) is 3.01. The molecule has 1 saturated heterocycles. The van der Waals surface area contributed by atoms with Gasteiger partial charge in [-0.3, -0.25) is 0 Å². The zero-order chi connectivity index (χ0) is 16.1. The molecule has 0 bridgehead atoms. The zero-order valence-electron chi connectivity index (χ0n) is 13.0. The summed E-state index contributed by atoms with van der Waals surface area (Å²) in [5.74, 6) is 1.75. The van der Waals surface area contributed by atoms with Gasteiger partial charge >= 0.3 is 0 Å². The standard InChI is InChI=1S/C17H20Cl2N2O2/c18-13-1-3-15(16(19)11-13)17-4-2-14(23-17)12-20-5-6-21-7-9-22-10-8-21/h1-4,11,20H,5-10,12H2/p+2. The minimum atomic E-state index is 0.610. The number of benzene rings is 1. The van der Waals surface area contributed by atoms with Crippen LogP contribution in [0.25, 0.3) is 11.3 Å². The minimum absolute atomic E-state index is 0.610. The summed E-state index contributed by atoms with van der Waals surface area (Å²) in [5, 5.41) is 3.52. The van der Waals surface area contributed by atoms with Crippen molar-refractivity contribution in [1.82, 2.24) is 0 Å². The molecule has 3 N–H and O–H groups in total. The van der Waals surface area contributed by atoms with Gasteiger partial charge in [-0.05, 0) is 30.3 Å². The van der Waals surface area contributed by atoms with E-state index in [-0.39, 0.29) is 0 Å². The topological polar surface area (TPSA) is 43.4 Å². The normalized spacial score (nSPS) is 15.9. The predicted octanol–water partition coefficient (Wildman–Crippen LogP) is 1.23. The van der Waals surface area contributed by atoms with Crippen LogP contribution >= 0.6 is 23.2 Å². The molecule has 1 aliphatic rings. The maximum absolute atomic E-state index is 6.22. The van der Waals surface area contributed by atoms with Gasteiger partial charge in [0.25, 0.3) is 0 Å². The van der Waals surface area contributed by atoms with Gasteiger partial charge < -0.3 is 19.4 Å². The summed E-state index contributed by atoms with van der Waals surface area (Å²) in [5.41, 5.74) is 0.875. The Morgan fingerprint density at radius 3 is 2.70 bits per heavy atom. The largest absolute Gasteiger partial charge is 0.455 e. The lowest BCUT2D eigenvalue weighted by Crippen LogP contribution is -3.16. The molecule has 4 nitrogen and oxygen atoms in total. The summed E-state index contributed by atoms with van der Waals surface area (Å²) in [7, 11) is 0. The number of nitrogens with one attached hydrogen (secondary N) is 1. The van der Waals surface area contributed by atoms with Crippen LogP contribution in [0.4, 0.5) is 0 Å². The number of rotatable bonds is 6. The van der Waals surface area contributed by atoms with E-state index in [2.05, 4.69) is 5.32 Å². The summed E-state index contributed by atoms with van der Waals surface area (Å²) < 4.78 is 11.3. The molecule has 6 heteroatoms. The van der Waals surface area contributed by atoms with Gasteiger partial charge in [-0.1, -0.05) is 23.2 Å². The molecule has 2 heterocycles. The molecule has 1 aromatic carbocycles. The van der Waals surface area contributed by atoms with Crippen LogP contribution in [0.2, 0.25) is 10.0 Å². The van der Waals surface area contributed by atoms with E-state index in [4.69, 9.17) is 32.4 Å². The maximum atomic E-state index is 6.22. The number of hydrogen-bond acceptors (Lipinski definition) is 2. The highest BCUT2D eigenvalue weighted by Gasteiger charge is 2.14. The Morgan fingerprint density at radius 2 is 1.91 bits per heavy atom. The van der Waals surface area contributed by atoms with Gasteiger partial charge in [0.05, 0.1) is 18.2 Å². The predicted molar refractivity (Wildman–Crippen MR) is 91.0 cm³/mol. The summed E-state index contributed by atoms with van der Waals surface area (Å²) in [4.78, 5) is 1.63. The third-order valence-corrected chi connectivity index (χ3v) is 4.65. The van der Waals surface area contributed by atoms with Crippen LogP contribution in [0, 0.1) is 0 Å². The molecule has 1 aromatic heterocycles. The number of hydrogen-bond donors (Lipinski definition) is 2. The first-order valence-electron chi connectivity index (χ1n) is 7.99. The van der Waals surface area contributed by atoms with Crippen molar-refractivity contribution < 1.29 is 19.4 Å². The molecule has 0 unspecified atom stereocenters. The molecule has 3 rings (SSSR count). The number of nitrogens with two attached hydrogens (primary N) is 1. The van der Waals surface area contributed by atoms with E-state index >= 15 is 0 Å². The number of ether oxygens (including phenoxy) is 1. The summed E-state index contributed by atoms with van der Waals surface area (Å²) in [6.07, 6.45) is 0. The number of morpholine rings is 1. The second-order valence-corrected chi connectivity index (χ2v) is 6.63. The minimum Gasteiger partial charge on any atom is -0.455 e. The smallest absolute Gasteiger partial charge is 0.158 e. The number of halogens is 2. The molecular formula is C17H22Cl2N2O2+2. The zero-order valence-corrected chi connectivity index (χ0v) is 14.5. The van der Waals surface area contributed by atoms with Crippen molar-refractivity contribution in [2.45, 2.75) is 6.54 Å². The lowest BCUT2D eigenvalue weighted by molar-refractivity contribution is -0.920. The molecule has 0 atom stereocenters. The Balaban J connectivity index is 1.49. The fourth-order valence-corrected chi connectivity index (χ4v) is 3.28. The van der Waals surface area contributed by atoms with E-state index in [1.165, 1.54) is 6.54 Å². The van der Waals surface area contributed by atoms with E-state index in [0.29, 0.717) is 10.0 Å². The Hall–Kier alpha value is -1.04. The Labute approximate surface area is 146 Å².